The first-order chi connectivity index (χ1) is 9.73. The zero-order valence-corrected chi connectivity index (χ0v) is 13.5. The Morgan fingerprint density at radius 1 is 1.19 bits per heavy atom. The summed E-state index contributed by atoms with van der Waals surface area (Å²) < 4.78 is 5.46. The van der Waals surface area contributed by atoms with Gasteiger partial charge in [-0.25, -0.2) is 4.79 Å². The number of aliphatic hydroxyl groups is 2. The summed E-state index contributed by atoms with van der Waals surface area (Å²) in [5.41, 5.74) is -1.55. The Labute approximate surface area is 127 Å². The standard InChI is InChI=1S/C16H29NO4/c1-15(2,3)21-14(19)17-11-7-8-12(18)13(17)16(20)9-5-4-6-10-16/h12-13,18,20H,4-11H2,1-3H3/t12-,13-/m0/s1. The number of rotatable bonds is 1. The quantitative estimate of drug-likeness (QED) is 0.780. The van der Waals surface area contributed by atoms with Crippen molar-refractivity contribution in [3.63, 3.8) is 0 Å². The van der Waals surface area contributed by atoms with Gasteiger partial charge in [0.2, 0.25) is 0 Å². The van der Waals surface area contributed by atoms with Gasteiger partial charge in [0.25, 0.3) is 0 Å². The van der Waals surface area contributed by atoms with Gasteiger partial charge in [-0.2, -0.15) is 0 Å². The van der Waals surface area contributed by atoms with Gasteiger partial charge in [-0.3, -0.25) is 4.90 Å². The summed E-state index contributed by atoms with van der Waals surface area (Å²) in [6.07, 6.45) is 4.57. The summed E-state index contributed by atoms with van der Waals surface area (Å²) in [5, 5.41) is 21.4. The normalized spacial score (nSPS) is 30.0. The molecule has 0 bridgehead atoms. The Bertz CT molecular complexity index is 371. The lowest BCUT2D eigenvalue weighted by atomic mass is 9.75. The van der Waals surface area contributed by atoms with Crippen molar-refractivity contribution in [3.8, 4) is 0 Å². The Hall–Kier alpha value is -0.810. The fourth-order valence-corrected chi connectivity index (χ4v) is 3.61. The van der Waals surface area contributed by atoms with Gasteiger partial charge >= 0.3 is 6.09 Å². The van der Waals surface area contributed by atoms with Crippen LogP contribution in [-0.2, 0) is 4.74 Å². The number of piperidine rings is 1. The number of nitrogens with zero attached hydrogens (tertiary/aromatic N) is 1. The van der Waals surface area contributed by atoms with Gasteiger partial charge in [0, 0.05) is 6.54 Å². The second-order valence-corrected chi connectivity index (χ2v) is 7.49. The number of likely N-dealkylation sites (tertiary alicyclic amines) is 1. The van der Waals surface area contributed by atoms with Crippen LogP contribution in [0.5, 0.6) is 0 Å². The topological polar surface area (TPSA) is 70.0 Å². The molecule has 1 amide bonds. The number of carbonyl (C=O) groups is 1. The molecule has 1 heterocycles. The largest absolute Gasteiger partial charge is 0.444 e. The Balaban J connectivity index is 2.18. The van der Waals surface area contributed by atoms with Gasteiger partial charge in [-0.1, -0.05) is 19.3 Å². The molecule has 122 valence electrons. The number of ether oxygens (including phenoxy) is 1. The van der Waals surface area contributed by atoms with E-state index in [0.29, 0.717) is 25.8 Å². The summed E-state index contributed by atoms with van der Waals surface area (Å²) in [5.74, 6) is 0. The number of hydrogen-bond donors (Lipinski definition) is 2. The van der Waals surface area contributed by atoms with E-state index >= 15 is 0 Å². The monoisotopic (exact) mass is 299 g/mol. The van der Waals surface area contributed by atoms with E-state index in [1.165, 1.54) is 0 Å². The maximum absolute atomic E-state index is 12.4. The molecule has 2 rings (SSSR count). The van der Waals surface area contributed by atoms with Gasteiger partial charge in [-0.05, 0) is 46.5 Å². The van der Waals surface area contributed by atoms with Crippen molar-refractivity contribution in [1.29, 1.82) is 0 Å². The van der Waals surface area contributed by atoms with Crippen LogP contribution in [0.3, 0.4) is 0 Å². The van der Waals surface area contributed by atoms with Crippen molar-refractivity contribution in [3.05, 3.63) is 0 Å². The van der Waals surface area contributed by atoms with Crippen molar-refractivity contribution in [2.75, 3.05) is 6.54 Å². The number of amides is 1. The van der Waals surface area contributed by atoms with Crippen molar-refractivity contribution in [1.82, 2.24) is 4.90 Å². The third-order valence-corrected chi connectivity index (χ3v) is 4.50. The molecule has 2 atom stereocenters. The molecule has 1 aliphatic carbocycles. The molecule has 0 radical (unpaired) electrons. The molecule has 2 N–H and O–H groups in total. The first kappa shape index (κ1) is 16.6. The minimum Gasteiger partial charge on any atom is -0.444 e. The highest BCUT2D eigenvalue weighted by molar-refractivity contribution is 5.69. The number of carbonyl (C=O) groups excluding carboxylic acids is 1. The second-order valence-electron chi connectivity index (χ2n) is 7.49. The van der Waals surface area contributed by atoms with Crippen LogP contribution in [0, 0.1) is 0 Å². The van der Waals surface area contributed by atoms with Gasteiger partial charge in [0.15, 0.2) is 0 Å². The van der Waals surface area contributed by atoms with Crippen LogP contribution in [0.25, 0.3) is 0 Å². The summed E-state index contributed by atoms with van der Waals surface area (Å²) in [4.78, 5) is 14.0. The van der Waals surface area contributed by atoms with Gasteiger partial charge in [0.1, 0.15) is 5.60 Å². The van der Waals surface area contributed by atoms with Crippen molar-refractivity contribution >= 4 is 6.09 Å². The summed E-state index contributed by atoms with van der Waals surface area (Å²) >= 11 is 0. The zero-order chi connectivity index (χ0) is 15.7. The van der Waals surface area contributed by atoms with Crippen LogP contribution < -0.4 is 0 Å². The van der Waals surface area contributed by atoms with E-state index in [2.05, 4.69) is 0 Å². The van der Waals surface area contributed by atoms with E-state index in [-0.39, 0.29) is 0 Å². The molecule has 0 aromatic heterocycles. The lowest BCUT2D eigenvalue weighted by molar-refractivity contribution is -0.127. The molecular weight excluding hydrogens is 270 g/mol. The van der Waals surface area contributed by atoms with E-state index < -0.39 is 29.4 Å². The van der Waals surface area contributed by atoms with Crippen LogP contribution in [0.1, 0.15) is 65.7 Å². The average molecular weight is 299 g/mol. The molecule has 2 aliphatic rings. The predicted molar refractivity (Wildman–Crippen MR) is 80.0 cm³/mol. The third kappa shape index (κ3) is 3.89. The molecular formula is C16H29NO4. The van der Waals surface area contributed by atoms with Crippen LogP contribution in [0.2, 0.25) is 0 Å². The minimum atomic E-state index is -0.977. The highest BCUT2D eigenvalue weighted by Crippen LogP contribution is 2.38. The SMILES string of the molecule is CC(C)(C)OC(=O)N1CCC[C@H](O)[C@H]1C1(O)CCCCC1. The Kier molecular flexibility index (Phi) is 4.83. The van der Waals surface area contributed by atoms with Gasteiger partial charge < -0.3 is 14.9 Å². The highest BCUT2D eigenvalue weighted by Gasteiger charge is 2.48. The summed E-state index contributed by atoms with van der Waals surface area (Å²) in [6, 6.07) is -0.540. The van der Waals surface area contributed by atoms with Gasteiger partial charge in [-0.15, -0.1) is 0 Å². The van der Waals surface area contributed by atoms with E-state index in [9.17, 15) is 15.0 Å². The Morgan fingerprint density at radius 2 is 1.81 bits per heavy atom. The fraction of sp³-hybridized carbons (Fsp3) is 0.938. The van der Waals surface area contributed by atoms with Crippen LogP contribution in [0.15, 0.2) is 0 Å². The predicted octanol–water partition coefficient (Wildman–Crippen LogP) is 2.44. The second kappa shape index (κ2) is 6.13. The third-order valence-electron chi connectivity index (χ3n) is 4.50. The maximum Gasteiger partial charge on any atom is 0.410 e. The van der Waals surface area contributed by atoms with E-state index in [1.54, 1.807) is 4.90 Å². The molecule has 5 heteroatoms. The lowest BCUT2D eigenvalue weighted by Gasteiger charge is -2.49. The number of aliphatic hydroxyl groups excluding tert-OH is 1. The van der Waals surface area contributed by atoms with Crippen molar-refractivity contribution in [2.45, 2.75) is 89.1 Å². The molecule has 0 unspecified atom stereocenters. The van der Waals surface area contributed by atoms with Gasteiger partial charge in [0.05, 0.1) is 17.7 Å². The lowest BCUT2D eigenvalue weighted by Crippen LogP contribution is -2.63. The van der Waals surface area contributed by atoms with Crippen molar-refractivity contribution < 1.29 is 19.7 Å². The summed E-state index contributed by atoms with van der Waals surface area (Å²) in [6.45, 7) is 6.03. The van der Waals surface area contributed by atoms with E-state index in [1.807, 2.05) is 20.8 Å². The smallest absolute Gasteiger partial charge is 0.410 e. The zero-order valence-electron chi connectivity index (χ0n) is 13.5. The van der Waals surface area contributed by atoms with E-state index in [4.69, 9.17) is 4.74 Å². The molecule has 1 saturated heterocycles. The first-order valence-corrected chi connectivity index (χ1v) is 8.13. The van der Waals surface area contributed by atoms with Crippen molar-refractivity contribution in [2.24, 2.45) is 0 Å². The van der Waals surface area contributed by atoms with E-state index in [0.717, 1.165) is 25.7 Å². The first-order valence-electron chi connectivity index (χ1n) is 8.13. The summed E-state index contributed by atoms with van der Waals surface area (Å²) in [7, 11) is 0. The number of hydrogen-bond acceptors (Lipinski definition) is 4. The molecule has 0 spiro atoms. The maximum atomic E-state index is 12.4. The molecule has 21 heavy (non-hydrogen) atoms. The molecule has 0 aromatic carbocycles. The Morgan fingerprint density at radius 3 is 2.38 bits per heavy atom. The molecule has 5 nitrogen and oxygen atoms in total. The van der Waals surface area contributed by atoms with Crippen LogP contribution in [0.4, 0.5) is 4.79 Å². The molecule has 1 aliphatic heterocycles. The molecule has 2 fully saturated rings. The van der Waals surface area contributed by atoms with Crippen LogP contribution in [-0.4, -0.2) is 51.1 Å². The van der Waals surface area contributed by atoms with Crippen LogP contribution >= 0.6 is 0 Å². The highest BCUT2D eigenvalue weighted by atomic mass is 16.6. The fourth-order valence-electron chi connectivity index (χ4n) is 3.61. The minimum absolute atomic E-state index is 0.426. The molecule has 1 saturated carbocycles. The molecule has 0 aromatic rings. The average Bonchev–Trinajstić information content (AvgIpc) is 2.37.